The van der Waals surface area contributed by atoms with Gasteiger partial charge in [-0.05, 0) is 32.2 Å². The average molecular weight is 265 g/mol. The normalized spacial score (nSPS) is 16.3. The maximum Gasteiger partial charge on any atom is 0.0535 e. The van der Waals surface area contributed by atoms with Crippen LogP contribution in [0.1, 0.15) is 57.7 Å². The topological polar surface area (TPSA) is 52.2 Å². The first-order valence-corrected chi connectivity index (χ1v) is 7.40. The molecule has 1 saturated carbocycles. The van der Waals surface area contributed by atoms with E-state index in [1.165, 1.54) is 24.1 Å². The van der Waals surface area contributed by atoms with Gasteiger partial charge in [-0.15, -0.1) is 0 Å². The number of unbranched alkanes of at least 4 members (excludes halogenated alkanes) is 1. The number of nitrogens with zero attached hydrogens (tertiary/aromatic N) is 2. The second kappa shape index (κ2) is 6.06. The van der Waals surface area contributed by atoms with E-state index in [0.29, 0.717) is 6.61 Å². The quantitative estimate of drug-likeness (QED) is 0.745. The molecule has 0 atom stereocenters. The van der Waals surface area contributed by atoms with Gasteiger partial charge >= 0.3 is 0 Å². The summed E-state index contributed by atoms with van der Waals surface area (Å²) < 4.78 is 0. The Kier molecular flexibility index (Phi) is 4.63. The van der Waals surface area contributed by atoms with E-state index in [9.17, 15) is 0 Å². The van der Waals surface area contributed by atoms with Gasteiger partial charge in [0.05, 0.1) is 6.20 Å². The second-order valence-electron chi connectivity index (χ2n) is 6.65. The molecule has 1 aromatic rings. The molecule has 4 heteroatoms. The largest absolute Gasteiger partial charge is 0.396 e. The molecule has 2 N–H and O–H groups in total. The number of aliphatic hydroxyl groups excluding tert-OH is 1. The molecule has 0 radical (unpaired) electrons. The highest BCUT2D eigenvalue weighted by molar-refractivity contribution is 5.23. The Balaban J connectivity index is 1.99. The summed E-state index contributed by atoms with van der Waals surface area (Å²) in [7, 11) is 0. The lowest BCUT2D eigenvalue weighted by Crippen LogP contribution is -2.28. The Morgan fingerprint density at radius 2 is 2.11 bits per heavy atom. The van der Waals surface area contributed by atoms with Gasteiger partial charge in [0.25, 0.3) is 0 Å². The van der Waals surface area contributed by atoms with Crippen LogP contribution in [-0.2, 0) is 12.0 Å². The van der Waals surface area contributed by atoms with Crippen molar-refractivity contribution in [3.05, 3.63) is 17.5 Å². The molecule has 4 nitrogen and oxygen atoms in total. The van der Waals surface area contributed by atoms with Crippen molar-refractivity contribution >= 4 is 0 Å². The average Bonchev–Trinajstić information content (AvgIpc) is 3.06. The summed E-state index contributed by atoms with van der Waals surface area (Å²) in [4.78, 5) is 2.55. The Bertz CT molecular complexity index is 390. The zero-order valence-electron chi connectivity index (χ0n) is 12.4. The second-order valence-corrected chi connectivity index (χ2v) is 6.65. The highest BCUT2D eigenvalue weighted by atomic mass is 16.2. The molecule has 0 bridgehead atoms. The van der Waals surface area contributed by atoms with E-state index in [-0.39, 0.29) is 5.41 Å². The zero-order chi connectivity index (χ0) is 13.9. The number of nitrogens with one attached hydrogen (secondary N) is 1. The molecule has 108 valence electrons. The summed E-state index contributed by atoms with van der Waals surface area (Å²) in [6.45, 7) is 9.03. The van der Waals surface area contributed by atoms with Gasteiger partial charge in [-0.25, -0.2) is 0 Å². The van der Waals surface area contributed by atoms with E-state index in [1.807, 2.05) is 6.20 Å². The van der Waals surface area contributed by atoms with Crippen LogP contribution in [0.15, 0.2) is 6.20 Å². The van der Waals surface area contributed by atoms with Crippen molar-refractivity contribution in [2.75, 3.05) is 13.2 Å². The smallest absolute Gasteiger partial charge is 0.0535 e. The highest BCUT2D eigenvalue weighted by Crippen LogP contribution is 2.31. The molecule has 1 aliphatic carbocycles. The first-order chi connectivity index (χ1) is 9.02. The van der Waals surface area contributed by atoms with Gasteiger partial charge in [0.2, 0.25) is 0 Å². The number of hydrogen-bond donors (Lipinski definition) is 2. The summed E-state index contributed by atoms with van der Waals surface area (Å²) in [6, 6.07) is 0.751. The third kappa shape index (κ3) is 4.05. The molecular weight excluding hydrogens is 238 g/mol. The van der Waals surface area contributed by atoms with Crippen molar-refractivity contribution in [1.82, 2.24) is 15.1 Å². The van der Waals surface area contributed by atoms with E-state index in [1.54, 1.807) is 0 Å². The zero-order valence-corrected chi connectivity index (χ0v) is 12.4. The van der Waals surface area contributed by atoms with Gasteiger partial charge in [-0.1, -0.05) is 20.8 Å². The van der Waals surface area contributed by atoms with Gasteiger partial charge in [0.1, 0.15) is 0 Å². The van der Waals surface area contributed by atoms with Gasteiger partial charge in [0, 0.05) is 35.9 Å². The standard InChI is InChI=1S/C15H27N3O/c1-15(2,3)14-12(10-16-17-14)11-18(13-6-7-13)8-4-5-9-19/h10,13,19H,4-9,11H2,1-3H3,(H,16,17). The van der Waals surface area contributed by atoms with Crippen molar-refractivity contribution < 1.29 is 5.11 Å². The number of aromatic amines is 1. The van der Waals surface area contributed by atoms with Gasteiger partial charge in [-0.2, -0.15) is 5.10 Å². The van der Waals surface area contributed by atoms with Gasteiger partial charge in [-0.3, -0.25) is 10.00 Å². The summed E-state index contributed by atoms with van der Waals surface area (Å²) in [6.07, 6.45) is 6.60. The van der Waals surface area contributed by atoms with Crippen LogP contribution in [0.3, 0.4) is 0 Å². The van der Waals surface area contributed by atoms with Crippen molar-refractivity contribution in [2.45, 2.75) is 64.5 Å². The first-order valence-electron chi connectivity index (χ1n) is 7.40. The molecule has 1 aliphatic rings. The van der Waals surface area contributed by atoms with E-state index < -0.39 is 0 Å². The number of H-pyrrole nitrogens is 1. The molecule has 0 amide bonds. The van der Waals surface area contributed by atoms with Crippen LogP contribution in [0.25, 0.3) is 0 Å². The van der Waals surface area contributed by atoms with Crippen LogP contribution >= 0.6 is 0 Å². The maximum atomic E-state index is 8.91. The maximum absolute atomic E-state index is 8.91. The minimum atomic E-state index is 0.117. The number of hydrogen-bond acceptors (Lipinski definition) is 3. The van der Waals surface area contributed by atoms with Crippen LogP contribution in [0.4, 0.5) is 0 Å². The van der Waals surface area contributed by atoms with Crippen molar-refractivity contribution in [1.29, 1.82) is 0 Å². The van der Waals surface area contributed by atoms with Gasteiger partial charge < -0.3 is 5.11 Å². The Labute approximate surface area is 116 Å². The summed E-state index contributed by atoms with van der Waals surface area (Å²) in [5.74, 6) is 0. The van der Waals surface area contributed by atoms with Crippen LogP contribution in [0.5, 0.6) is 0 Å². The van der Waals surface area contributed by atoms with E-state index in [0.717, 1.165) is 32.0 Å². The lowest BCUT2D eigenvalue weighted by atomic mass is 9.89. The molecule has 0 aromatic carbocycles. The Morgan fingerprint density at radius 1 is 1.37 bits per heavy atom. The minimum Gasteiger partial charge on any atom is -0.396 e. The summed E-state index contributed by atoms with van der Waals surface area (Å²) in [5.41, 5.74) is 2.69. The fourth-order valence-corrected chi connectivity index (χ4v) is 2.56. The van der Waals surface area contributed by atoms with Crippen molar-refractivity contribution in [3.8, 4) is 0 Å². The molecule has 0 saturated heterocycles. The fourth-order valence-electron chi connectivity index (χ4n) is 2.56. The third-order valence-electron chi connectivity index (χ3n) is 3.76. The Morgan fingerprint density at radius 3 is 2.68 bits per heavy atom. The molecule has 1 aromatic heterocycles. The van der Waals surface area contributed by atoms with Crippen LogP contribution in [-0.4, -0.2) is 39.4 Å². The van der Waals surface area contributed by atoms with E-state index in [4.69, 9.17) is 5.11 Å². The molecular formula is C15H27N3O. The first kappa shape index (κ1) is 14.5. The van der Waals surface area contributed by atoms with Crippen LogP contribution in [0.2, 0.25) is 0 Å². The van der Waals surface area contributed by atoms with Crippen LogP contribution < -0.4 is 0 Å². The fraction of sp³-hybridized carbons (Fsp3) is 0.800. The lowest BCUT2D eigenvalue weighted by Gasteiger charge is -2.24. The van der Waals surface area contributed by atoms with Crippen molar-refractivity contribution in [2.24, 2.45) is 0 Å². The molecule has 0 aliphatic heterocycles. The molecule has 0 unspecified atom stereocenters. The monoisotopic (exact) mass is 265 g/mol. The Hall–Kier alpha value is -0.870. The molecule has 1 heterocycles. The predicted octanol–water partition coefficient (Wildman–Crippen LogP) is 2.44. The minimum absolute atomic E-state index is 0.117. The third-order valence-corrected chi connectivity index (χ3v) is 3.76. The van der Waals surface area contributed by atoms with E-state index >= 15 is 0 Å². The lowest BCUT2D eigenvalue weighted by molar-refractivity contribution is 0.227. The predicted molar refractivity (Wildman–Crippen MR) is 77.0 cm³/mol. The number of aromatic nitrogens is 2. The van der Waals surface area contributed by atoms with E-state index in [2.05, 4.69) is 35.9 Å². The molecule has 0 spiro atoms. The summed E-state index contributed by atoms with van der Waals surface area (Å²) in [5, 5.41) is 16.3. The summed E-state index contributed by atoms with van der Waals surface area (Å²) >= 11 is 0. The SMILES string of the molecule is CC(C)(C)c1[nH]ncc1CN(CCCCO)C1CC1. The molecule has 1 fully saturated rings. The molecule has 2 rings (SSSR count). The number of rotatable bonds is 7. The van der Waals surface area contributed by atoms with Crippen LogP contribution in [0, 0.1) is 0 Å². The highest BCUT2D eigenvalue weighted by Gasteiger charge is 2.30. The van der Waals surface area contributed by atoms with Crippen molar-refractivity contribution in [3.63, 3.8) is 0 Å². The molecule has 19 heavy (non-hydrogen) atoms. The van der Waals surface area contributed by atoms with Gasteiger partial charge in [0.15, 0.2) is 0 Å². The number of aliphatic hydroxyl groups is 1.